The van der Waals surface area contributed by atoms with Crippen molar-refractivity contribution >= 4 is 0 Å². The summed E-state index contributed by atoms with van der Waals surface area (Å²) in [7, 11) is 3.99. The minimum atomic E-state index is 0.275. The van der Waals surface area contributed by atoms with Crippen molar-refractivity contribution in [2.24, 2.45) is 7.05 Å². The number of hydrogen-bond acceptors (Lipinski definition) is 3. The van der Waals surface area contributed by atoms with Gasteiger partial charge in [-0.1, -0.05) is 0 Å². The lowest BCUT2D eigenvalue weighted by molar-refractivity contribution is 0.554. The molecule has 0 aromatic carbocycles. The van der Waals surface area contributed by atoms with Crippen LogP contribution in [0.4, 0.5) is 0 Å². The molecule has 0 aliphatic rings. The second kappa shape index (κ2) is 5.14. The monoisotopic (exact) mass is 233 g/mol. The standard InChI is InChI=1S/C12H19N5/c1-4-17-8-10(6-15-17)5-11(13-2)12-7-14-9-16(12)3/h6-9,11,13H,4-5H2,1-3H3. The number of aromatic nitrogens is 4. The van der Waals surface area contributed by atoms with E-state index < -0.39 is 0 Å². The van der Waals surface area contributed by atoms with Gasteiger partial charge in [0.25, 0.3) is 0 Å². The van der Waals surface area contributed by atoms with Gasteiger partial charge >= 0.3 is 0 Å². The summed E-state index contributed by atoms with van der Waals surface area (Å²) in [5.74, 6) is 0. The SMILES string of the molecule is CCn1cc(CC(NC)c2cncn2C)cn1. The smallest absolute Gasteiger partial charge is 0.0946 e. The van der Waals surface area contributed by atoms with E-state index in [2.05, 4.69) is 28.5 Å². The molecule has 92 valence electrons. The van der Waals surface area contributed by atoms with Gasteiger partial charge in [-0.05, 0) is 26.0 Å². The Hall–Kier alpha value is -1.62. The van der Waals surface area contributed by atoms with Gasteiger partial charge in [0.05, 0.1) is 24.3 Å². The molecule has 2 heterocycles. The predicted octanol–water partition coefficient (Wildman–Crippen LogP) is 1.14. The Morgan fingerprint density at radius 2 is 2.24 bits per heavy atom. The largest absolute Gasteiger partial charge is 0.336 e. The van der Waals surface area contributed by atoms with Crippen LogP contribution in [0.15, 0.2) is 24.9 Å². The van der Waals surface area contributed by atoms with Crippen LogP contribution < -0.4 is 5.32 Å². The molecule has 0 fully saturated rings. The van der Waals surface area contributed by atoms with Crippen LogP contribution in [0.3, 0.4) is 0 Å². The van der Waals surface area contributed by atoms with E-state index in [0.29, 0.717) is 0 Å². The maximum atomic E-state index is 4.29. The molecule has 0 bridgehead atoms. The molecule has 0 amide bonds. The molecule has 0 aliphatic carbocycles. The van der Waals surface area contributed by atoms with E-state index in [-0.39, 0.29) is 6.04 Å². The molecule has 17 heavy (non-hydrogen) atoms. The predicted molar refractivity (Wildman–Crippen MR) is 66.6 cm³/mol. The lowest BCUT2D eigenvalue weighted by atomic mass is 10.1. The van der Waals surface area contributed by atoms with Crippen molar-refractivity contribution in [2.75, 3.05) is 7.05 Å². The fourth-order valence-electron chi connectivity index (χ4n) is 1.98. The molecule has 2 aromatic heterocycles. The van der Waals surface area contributed by atoms with E-state index >= 15 is 0 Å². The molecular weight excluding hydrogens is 214 g/mol. The third-order valence-corrected chi connectivity index (χ3v) is 3.01. The third kappa shape index (κ3) is 2.55. The maximum absolute atomic E-state index is 4.29. The average Bonchev–Trinajstić information content (AvgIpc) is 2.95. The zero-order chi connectivity index (χ0) is 12.3. The fourth-order valence-corrected chi connectivity index (χ4v) is 1.98. The molecule has 1 unspecified atom stereocenters. The Kier molecular flexibility index (Phi) is 3.58. The zero-order valence-electron chi connectivity index (χ0n) is 10.6. The van der Waals surface area contributed by atoms with E-state index in [4.69, 9.17) is 0 Å². The normalized spacial score (nSPS) is 12.9. The highest BCUT2D eigenvalue weighted by molar-refractivity contribution is 5.13. The van der Waals surface area contributed by atoms with E-state index in [1.165, 1.54) is 11.3 Å². The molecule has 2 rings (SSSR count). The first-order valence-electron chi connectivity index (χ1n) is 5.89. The molecule has 0 saturated carbocycles. The first kappa shape index (κ1) is 11.9. The summed E-state index contributed by atoms with van der Waals surface area (Å²) in [5.41, 5.74) is 2.43. The van der Waals surface area contributed by atoms with Gasteiger partial charge in [-0.25, -0.2) is 4.98 Å². The average molecular weight is 233 g/mol. The number of aryl methyl sites for hydroxylation is 2. The second-order valence-corrected chi connectivity index (χ2v) is 4.18. The van der Waals surface area contributed by atoms with Crippen molar-refractivity contribution in [1.29, 1.82) is 0 Å². The van der Waals surface area contributed by atoms with E-state index in [1.54, 1.807) is 0 Å². The highest BCUT2D eigenvalue weighted by atomic mass is 15.3. The maximum Gasteiger partial charge on any atom is 0.0946 e. The van der Waals surface area contributed by atoms with Gasteiger partial charge in [0.2, 0.25) is 0 Å². The molecule has 5 heteroatoms. The molecule has 0 spiro atoms. The molecule has 0 radical (unpaired) electrons. The molecule has 0 aliphatic heterocycles. The van der Waals surface area contributed by atoms with Crippen LogP contribution in [0.5, 0.6) is 0 Å². The molecule has 5 nitrogen and oxygen atoms in total. The van der Waals surface area contributed by atoms with Crippen LogP contribution in [0, 0.1) is 0 Å². The van der Waals surface area contributed by atoms with E-state index in [9.17, 15) is 0 Å². The summed E-state index contributed by atoms with van der Waals surface area (Å²) in [5, 5.41) is 7.62. The van der Waals surface area contributed by atoms with Crippen LogP contribution in [0.1, 0.15) is 24.2 Å². The number of nitrogens with zero attached hydrogens (tertiary/aromatic N) is 4. The fraction of sp³-hybridized carbons (Fsp3) is 0.500. The highest BCUT2D eigenvalue weighted by Crippen LogP contribution is 2.16. The molecular formula is C12H19N5. The number of rotatable bonds is 5. The first-order valence-corrected chi connectivity index (χ1v) is 5.89. The van der Waals surface area contributed by atoms with Crippen molar-refractivity contribution in [3.8, 4) is 0 Å². The molecule has 1 atom stereocenters. The summed E-state index contributed by atoms with van der Waals surface area (Å²) in [6, 6.07) is 0.275. The van der Waals surface area contributed by atoms with Crippen molar-refractivity contribution in [1.82, 2.24) is 24.6 Å². The van der Waals surface area contributed by atoms with Gasteiger partial charge in [0, 0.05) is 26.0 Å². The Morgan fingerprint density at radius 1 is 1.41 bits per heavy atom. The van der Waals surface area contributed by atoms with Crippen LogP contribution in [0.2, 0.25) is 0 Å². The van der Waals surface area contributed by atoms with Gasteiger partial charge in [-0.3, -0.25) is 4.68 Å². The summed E-state index contributed by atoms with van der Waals surface area (Å²) in [6.45, 7) is 3.00. The Labute approximate surface area is 101 Å². The minimum Gasteiger partial charge on any atom is -0.336 e. The number of likely N-dealkylation sites (N-methyl/N-ethyl adjacent to an activating group) is 1. The van der Waals surface area contributed by atoms with Crippen molar-refractivity contribution < 1.29 is 0 Å². The van der Waals surface area contributed by atoms with Crippen LogP contribution in [0.25, 0.3) is 0 Å². The van der Waals surface area contributed by atoms with Gasteiger partial charge < -0.3 is 9.88 Å². The lowest BCUT2D eigenvalue weighted by Crippen LogP contribution is -2.21. The topological polar surface area (TPSA) is 47.7 Å². The van der Waals surface area contributed by atoms with E-state index in [1.807, 2.05) is 42.1 Å². The number of nitrogens with one attached hydrogen (secondary N) is 1. The number of imidazole rings is 1. The third-order valence-electron chi connectivity index (χ3n) is 3.01. The van der Waals surface area contributed by atoms with Crippen LogP contribution in [-0.4, -0.2) is 26.4 Å². The lowest BCUT2D eigenvalue weighted by Gasteiger charge is -2.15. The molecule has 2 aromatic rings. The first-order chi connectivity index (χ1) is 8.24. The van der Waals surface area contributed by atoms with Crippen molar-refractivity contribution in [3.63, 3.8) is 0 Å². The Balaban J connectivity index is 2.12. The van der Waals surface area contributed by atoms with Crippen LogP contribution >= 0.6 is 0 Å². The molecule has 0 saturated heterocycles. The summed E-state index contributed by atoms with van der Waals surface area (Å²) in [6.07, 6.45) is 8.70. The summed E-state index contributed by atoms with van der Waals surface area (Å²) in [4.78, 5) is 4.16. The highest BCUT2D eigenvalue weighted by Gasteiger charge is 2.14. The van der Waals surface area contributed by atoms with Gasteiger partial charge in [-0.15, -0.1) is 0 Å². The minimum absolute atomic E-state index is 0.275. The Bertz CT molecular complexity index is 471. The van der Waals surface area contributed by atoms with Gasteiger partial charge in [0.1, 0.15) is 0 Å². The summed E-state index contributed by atoms with van der Waals surface area (Å²) >= 11 is 0. The van der Waals surface area contributed by atoms with Gasteiger partial charge in [-0.2, -0.15) is 5.10 Å². The van der Waals surface area contributed by atoms with Crippen LogP contribution in [-0.2, 0) is 20.0 Å². The molecule has 1 N–H and O–H groups in total. The quantitative estimate of drug-likeness (QED) is 0.842. The van der Waals surface area contributed by atoms with Crippen molar-refractivity contribution in [3.05, 3.63) is 36.2 Å². The second-order valence-electron chi connectivity index (χ2n) is 4.18. The summed E-state index contributed by atoms with van der Waals surface area (Å²) < 4.78 is 4.00. The van der Waals surface area contributed by atoms with Gasteiger partial charge in [0.15, 0.2) is 0 Å². The zero-order valence-corrected chi connectivity index (χ0v) is 10.6. The number of hydrogen-bond donors (Lipinski definition) is 1. The Morgan fingerprint density at radius 3 is 2.76 bits per heavy atom. The van der Waals surface area contributed by atoms with E-state index in [0.717, 1.165) is 13.0 Å². The van der Waals surface area contributed by atoms with Crippen molar-refractivity contribution in [2.45, 2.75) is 25.9 Å².